The van der Waals surface area contributed by atoms with Crippen LogP contribution in [0.2, 0.25) is 0 Å². The van der Waals surface area contributed by atoms with Crippen molar-refractivity contribution in [2.24, 2.45) is 11.7 Å². The predicted molar refractivity (Wildman–Crippen MR) is 80.2 cm³/mol. The van der Waals surface area contributed by atoms with Crippen molar-refractivity contribution in [3.05, 3.63) is 28.3 Å². The van der Waals surface area contributed by atoms with Crippen LogP contribution in [0.15, 0.2) is 23.1 Å². The van der Waals surface area contributed by atoms with E-state index in [1.165, 1.54) is 18.2 Å². The third kappa shape index (κ3) is 3.51. The largest absolute Gasteiger partial charge is 0.370 e. The Hall–Kier alpha value is -1.67. The number of benzene rings is 1. The van der Waals surface area contributed by atoms with E-state index in [-0.39, 0.29) is 16.5 Å². The second kappa shape index (κ2) is 5.98. The lowest BCUT2D eigenvalue weighted by atomic mass is 9.98. The Morgan fingerprint density at radius 2 is 2.19 bits per heavy atom. The molecule has 0 aromatic heterocycles. The van der Waals surface area contributed by atoms with Crippen molar-refractivity contribution in [1.29, 1.82) is 0 Å². The molecule has 0 bridgehead atoms. The molecule has 0 unspecified atom stereocenters. The average Bonchev–Trinajstić information content (AvgIpc) is 2.45. The fourth-order valence-electron chi connectivity index (χ4n) is 2.66. The van der Waals surface area contributed by atoms with E-state index in [9.17, 15) is 18.5 Å². The van der Waals surface area contributed by atoms with Gasteiger partial charge in [0.15, 0.2) is 9.84 Å². The Bertz CT molecular complexity index is 645. The molecule has 1 atom stereocenters. The van der Waals surface area contributed by atoms with Gasteiger partial charge < -0.3 is 10.6 Å². The van der Waals surface area contributed by atoms with Crippen LogP contribution < -0.4 is 10.6 Å². The van der Waals surface area contributed by atoms with Gasteiger partial charge in [0, 0.05) is 31.5 Å². The fraction of sp³-hybridized carbons (Fsp3) is 0.538. The maximum atomic E-state index is 11.9. The number of non-ortho nitro benzene ring substituents is 1. The summed E-state index contributed by atoms with van der Waals surface area (Å²) in [6, 6.07) is 3.88. The fourth-order valence-corrected chi connectivity index (χ4v) is 3.54. The van der Waals surface area contributed by atoms with E-state index in [2.05, 4.69) is 0 Å². The first kappa shape index (κ1) is 15.7. The Kier molecular flexibility index (Phi) is 4.48. The summed E-state index contributed by atoms with van der Waals surface area (Å²) < 4.78 is 23.8. The topological polar surface area (TPSA) is 107 Å². The zero-order valence-corrected chi connectivity index (χ0v) is 12.7. The molecule has 0 radical (unpaired) electrons. The maximum Gasteiger partial charge on any atom is 0.271 e. The minimum absolute atomic E-state index is 0.104. The van der Waals surface area contributed by atoms with Crippen molar-refractivity contribution in [3.8, 4) is 0 Å². The summed E-state index contributed by atoms with van der Waals surface area (Å²) in [5, 5.41) is 10.9. The Morgan fingerprint density at radius 1 is 1.48 bits per heavy atom. The number of anilines is 1. The summed E-state index contributed by atoms with van der Waals surface area (Å²) in [5.41, 5.74) is 6.00. The van der Waals surface area contributed by atoms with Gasteiger partial charge in [-0.3, -0.25) is 10.1 Å². The number of sulfone groups is 1. The van der Waals surface area contributed by atoms with Crippen LogP contribution in [0, 0.1) is 16.0 Å². The van der Waals surface area contributed by atoms with E-state index in [1.54, 1.807) is 0 Å². The molecule has 0 amide bonds. The molecule has 1 fully saturated rings. The van der Waals surface area contributed by atoms with Crippen LogP contribution in [-0.2, 0) is 9.84 Å². The van der Waals surface area contributed by atoms with Gasteiger partial charge in [0.25, 0.3) is 5.69 Å². The summed E-state index contributed by atoms with van der Waals surface area (Å²) in [4.78, 5) is 12.4. The van der Waals surface area contributed by atoms with Crippen LogP contribution in [0.5, 0.6) is 0 Å². The van der Waals surface area contributed by atoms with Crippen molar-refractivity contribution in [2.75, 3.05) is 30.8 Å². The molecule has 1 aliphatic heterocycles. The standard InChI is InChI=1S/C13H19N3O4S/c1-21(19,20)13-5-4-11(16(17)18)7-12(13)15-6-2-3-10(8-14)9-15/h4-5,7,10H,2-3,6,8-9,14H2,1H3/t10-/m0/s1. The molecule has 0 saturated carbocycles. The third-order valence-corrected chi connectivity index (χ3v) is 4.89. The highest BCUT2D eigenvalue weighted by Crippen LogP contribution is 2.32. The van der Waals surface area contributed by atoms with Crippen molar-refractivity contribution in [3.63, 3.8) is 0 Å². The molecule has 0 spiro atoms. The van der Waals surface area contributed by atoms with Crippen molar-refractivity contribution in [1.82, 2.24) is 0 Å². The lowest BCUT2D eigenvalue weighted by molar-refractivity contribution is -0.384. The molecular formula is C13H19N3O4S. The Balaban J connectivity index is 2.48. The van der Waals surface area contributed by atoms with Gasteiger partial charge in [-0.05, 0) is 31.4 Å². The molecule has 1 aromatic rings. The second-order valence-corrected chi connectivity index (χ2v) is 7.36. The van der Waals surface area contributed by atoms with Crippen molar-refractivity contribution >= 4 is 21.2 Å². The molecule has 7 nitrogen and oxygen atoms in total. The molecule has 1 saturated heterocycles. The van der Waals surface area contributed by atoms with Gasteiger partial charge in [-0.2, -0.15) is 0 Å². The zero-order valence-electron chi connectivity index (χ0n) is 11.9. The molecular weight excluding hydrogens is 294 g/mol. The van der Waals surface area contributed by atoms with E-state index in [0.29, 0.717) is 25.3 Å². The minimum atomic E-state index is -3.44. The van der Waals surface area contributed by atoms with E-state index in [4.69, 9.17) is 5.73 Å². The van der Waals surface area contributed by atoms with Gasteiger partial charge in [-0.25, -0.2) is 8.42 Å². The van der Waals surface area contributed by atoms with E-state index < -0.39 is 14.8 Å². The average molecular weight is 313 g/mol. The highest BCUT2D eigenvalue weighted by atomic mass is 32.2. The number of hydrogen-bond donors (Lipinski definition) is 1. The molecule has 1 heterocycles. The van der Waals surface area contributed by atoms with Crippen LogP contribution >= 0.6 is 0 Å². The van der Waals surface area contributed by atoms with Gasteiger partial charge in [0.05, 0.1) is 15.5 Å². The summed E-state index contributed by atoms with van der Waals surface area (Å²) in [6.07, 6.45) is 3.01. The number of nitrogens with zero attached hydrogens (tertiary/aromatic N) is 2. The molecule has 0 aliphatic carbocycles. The molecule has 1 aromatic carbocycles. The van der Waals surface area contributed by atoms with Gasteiger partial charge in [-0.1, -0.05) is 0 Å². The molecule has 2 rings (SSSR count). The first-order valence-electron chi connectivity index (χ1n) is 6.76. The molecule has 116 valence electrons. The first-order chi connectivity index (χ1) is 9.82. The highest BCUT2D eigenvalue weighted by molar-refractivity contribution is 7.90. The monoisotopic (exact) mass is 313 g/mol. The quantitative estimate of drug-likeness (QED) is 0.660. The van der Waals surface area contributed by atoms with Crippen molar-refractivity contribution in [2.45, 2.75) is 17.7 Å². The number of nitro benzene ring substituents is 1. The van der Waals surface area contributed by atoms with Crippen LogP contribution in [0.25, 0.3) is 0 Å². The van der Waals surface area contributed by atoms with Gasteiger partial charge in [0.2, 0.25) is 0 Å². The number of rotatable bonds is 4. The predicted octanol–water partition coefficient (Wildman–Crippen LogP) is 1.17. The zero-order chi connectivity index (χ0) is 15.6. The minimum Gasteiger partial charge on any atom is -0.370 e. The van der Waals surface area contributed by atoms with Gasteiger partial charge >= 0.3 is 0 Å². The van der Waals surface area contributed by atoms with Crippen LogP contribution in [0.4, 0.5) is 11.4 Å². The van der Waals surface area contributed by atoms with E-state index in [1.807, 2.05) is 4.90 Å². The van der Waals surface area contributed by atoms with Crippen LogP contribution in [0.1, 0.15) is 12.8 Å². The highest BCUT2D eigenvalue weighted by Gasteiger charge is 2.25. The van der Waals surface area contributed by atoms with Gasteiger partial charge in [-0.15, -0.1) is 0 Å². The smallest absolute Gasteiger partial charge is 0.271 e. The Morgan fingerprint density at radius 3 is 2.76 bits per heavy atom. The molecule has 2 N–H and O–H groups in total. The van der Waals surface area contributed by atoms with E-state index >= 15 is 0 Å². The molecule has 8 heteroatoms. The summed E-state index contributed by atoms with van der Waals surface area (Å²) in [6.45, 7) is 1.83. The number of nitrogens with two attached hydrogens (primary N) is 1. The SMILES string of the molecule is CS(=O)(=O)c1ccc([N+](=O)[O-])cc1N1CCC[C@@H](CN)C1. The van der Waals surface area contributed by atoms with Gasteiger partial charge in [0.1, 0.15) is 0 Å². The molecule has 1 aliphatic rings. The summed E-state index contributed by atoms with van der Waals surface area (Å²) >= 11 is 0. The van der Waals surface area contributed by atoms with Crippen molar-refractivity contribution < 1.29 is 13.3 Å². The first-order valence-corrected chi connectivity index (χ1v) is 8.65. The third-order valence-electron chi connectivity index (χ3n) is 3.75. The lowest BCUT2D eigenvalue weighted by Crippen LogP contribution is -2.39. The number of hydrogen-bond acceptors (Lipinski definition) is 6. The maximum absolute atomic E-state index is 11.9. The molecule has 21 heavy (non-hydrogen) atoms. The summed E-state index contributed by atoms with van der Waals surface area (Å²) in [7, 11) is -3.44. The number of piperidine rings is 1. The second-order valence-electron chi connectivity index (χ2n) is 5.37. The summed E-state index contributed by atoms with van der Waals surface area (Å²) in [5.74, 6) is 0.283. The lowest BCUT2D eigenvalue weighted by Gasteiger charge is -2.34. The van der Waals surface area contributed by atoms with Crippen LogP contribution in [0.3, 0.4) is 0 Å². The normalized spacial score (nSPS) is 19.5. The van der Waals surface area contributed by atoms with Crippen LogP contribution in [-0.4, -0.2) is 39.2 Å². The number of nitro groups is 1. The Labute approximate surface area is 123 Å². The van der Waals surface area contributed by atoms with E-state index in [0.717, 1.165) is 19.1 Å².